The van der Waals surface area contributed by atoms with Crippen LogP contribution in [0.3, 0.4) is 0 Å². The molecular formula is C13H18BrFN2O3S. The summed E-state index contributed by atoms with van der Waals surface area (Å²) in [6.45, 7) is 1.54. The lowest BCUT2D eigenvalue weighted by molar-refractivity contribution is 0.0495. The van der Waals surface area contributed by atoms with Crippen molar-refractivity contribution >= 4 is 31.6 Å². The predicted octanol–water partition coefficient (Wildman–Crippen LogP) is 2.22. The van der Waals surface area contributed by atoms with Gasteiger partial charge in [-0.25, -0.2) is 17.1 Å². The van der Waals surface area contributed by atoms with E-state index in [0.29, 0.717) is 19.8 Å². The molecule has 0 aromatic heterocycles. The molecule has 2 N–H and O–H groups in total. The van der Waals surface area contributed by atoms with Crippen LogP contribution in [0.4, 0.5) is 10.1 Å². The molecule has 1 saturated heterocycles. The van der Waals surface area contributed by atoms with Crippen molar-refractivity contribution in [2.24, 2.45) is 5.92 Å². The fraction of sp³-hybridized carbons (Fsp3) is 0.538. The van der Waals surface area contributed by atoms with E-state index in [1.807, 2.05) is 0 Å². The van der Waals surface area contributed by atoms with Crippen LogP contribution >= 0.6 is 15.9 Å². The van der Waals surface area contributed by atoms with Crippen molar-refractivity contribution in [3.63, 3.8) is 0 Å². The van der Waals surface area contributed by atoms with Crippen molar-refractivity contribution in [3.05, 3.63) is 22.4 Å². The Labute approximate surface area is 132 Å². The zero-order valence-electron chi connectivity index (χ0n) is 11.7. The van der Waals surface area contributed by atoms with E-state index in [2.05, 4.69) is 15.9 Å². The van der Waals surface area contributed by atoms with Crippen LogP contribution in [0.2, 0.25) is 0 Å². The van der Waals surface area contributed by atoms with Gasteiger partial charge in [0.25, 0.3) is 0 Å². The van der Waals surface area contributed by atoms with Gasteiger partial charge in [0.1, 0.15) is 4.90 Å². The Balaban J connectivity index is 2.24. The maximum Gasteiger partial charge on any atom is 0.245 e. The molecule has 0 spiro atoms. The second-order valence-electron chi connectivity index (χ2n) is 5.18. The van der Waals surface area contributed by atoms with Gasteiger partial charge in [-0.2, -0.15) is 0 Å². The summed E-state index contributed by atoms with van der Waals surface area (Å²) in [5.41, 5.74) is 5.80. The second kappa shape index (κ2) is 6.60. The lowest BCUT2D eigenvalue weighted by Crippen LogP contribution is -2.35. The van der Waals surface area contributed by atoms with E-state index in [0.717, 1.165) is 23.2 Å². The average molecular weight is 381 g/mol. The molecule has 5 nitrogen and oxygen atoms in total. The van der Waals surface area contributed by atoms with Gasteiger partial charge in [0, 0.05) is 25.9 Å². The first-order valence-corrected chi connectivity index (χ1v) is 8.84. The Morgan fingerprint density at radius 1 is 1.52 bits per heavy atom. The summed E-state index contributed by atoms with van der Waals surface area (Å²) in [6, 6.07) is 2.48. The molecule has 0 bridgehead atoms. The van der Waals surface area contributed by atoms with Gasteiger partial charge in [0.05, 0.1) is 11.1 Å². The van der Waals surface area contributed by atoms with Crippen molar-refractivity contribution in [1.82, 2.24) is 4.31 Å². The topological polar surface area (TPSA) is 72.6 Å². The van der Waals surface area contributed by atoms with Gasteiger partial charge in [-0.15, -0.1) is 0 Å². The van der Waals surface area contributed by atoms with Gasteiger partial charge in [-0.05, 0) is 46.8 Å². The van der Waals surface area contributed by atoms with E-state index in [1.54, 1.807) is 0 Å². The second-order valence-corrected chi connectivity index (χ2v) is 8.05. The van der Waals surface area contributed by atoms with Crippen LogP contribution in [-0.4, -0.2) is 39.5 Å². The Hall–Kier alpha value is -0.700. The molecule has 1 heterocycles. The Morgan fingerprint density at radius 2 is 2.24 bits per heavy atom. The van der Waals surface area contributed by atoms with E-state index in [-0.39, 0.29) is 16.1 Å². The molecule has 2 rings (SSSR count). The molecule has 0 saturated carbocycles. The molecule has 1 aromatic carbocycles. The van der Waals surface area contributed by atoms with E-state index < -0.39 is 20.7 Å². The van der Waals surface area contributed by atoms with Gasteiger partial charge in [0.15, 0.2) is 5.82 Å². The predicted molar refractivity (Wildman–Crippen MR) is 81.9 cm³/mol. The highest BCUT2D eigenvalue weighted by molar-refractivity contribution is 9.10. The molecule has 1 aliphatic rings. The fourth-order valence-electron chi connectivity index (χ4n) is 2.35. The fourth-order valence-corrected chi connectivity index (χ4v) is 4.33. The lowest BCUT2D eigenvalue weighted by Gasteiger charge is -2.27. The molecule has 1 atom stereocenters. The molecule has 8 heteroatoms. The number of rotatable bonds is 4. The standard InChI is InChI=1S/C13H18BrFN2O3S/c1-17(7-9-3-2-4-20-8-9)21(18,19)12-6-10(16)5-11(14)13(12)15/h5-6,9H,2-4,7-8,16H2,1H3. The minimum atomic E-state index is -3.92. The highest BCUT2D eigenvalue weighted by atomic mass is 79.9. The molecule has 118 valence electrons. The van der Waals surface area contributed by atoms with Crippen LogP contribution < -0.4 is 5.73 Å². The molecule has 1 unspecified atom stereocenters. The smallest absolute Gasteiger partial charge is 0.245 e. The first kappa shape index (κ1) is 16.7. The first-order valence-electron chi connectivity index (χ1n) is 6.61. The number of anilines is 1. The monoisotopic (exact) mass is 380 g/mol. The van der Waals surface area contributed by atoms with Crippen LogP contribution in [-0.2, 0) is 14.8 Å². The van der Waals surface area contributed by atoms with Gasteiger partial charge >= 0.3 is 0 Å². The Kier molecular flexibility index (Phi) is 5.24. The van der Waals surface area contributed by atoms with E-state index >= 15 is 0 Å². The van der Waals surface area contributed by atoms with Crippen LogP contribution in [0.15, 0.2) is 21.5 Å². The van der Waals surface area contributed by atoms with Gasteiger partial charge < -0.3 is 10.5 Å². The molecule has 0 amide bonds. The van der Waals surface area contributed by atoms with Gasteiger partial charge in [0.2, 0.25) is 10.0 Å². The minimum absolute atomic E-state index is 0.0375. The normalized spacial score (nSPS) is 19.9. The van der Waals surface area contributed by atoms with Crippen molar-refractivity contribution in [2.75, 3.05) is 32.5 Å². The summed E-state index contributed by atoms with van der Waals surface area (Å²) in [7, 11) is -2.48. The first-order chi connectivity index (χ1) is 9.82. The molecular weight excluding hydrogens is 363 g/mol. The largest absolute Gasteiger partial charge is 0.399 e. The number of benzene rings is 1. The number of nitrogens with zero attached hydrogens (tertiary/aromatic N) is 1. The molecule has 1 fully saturated rings. The summed E-state index contributed by atoms with van der Waals surface area (Å²) in [5, 5.41) is 0. The zero-order chi connectivity index (χ0) is 15.6. The van der Waals surface area contributed by atoms with Crippen LogP contribution in [0, 0.1) is 11.7 Å². The minimum Gasteiger partial charge on any atom is -0.399 e. The number of hydrogen-bond acceptors (Lipinski definition) is 4. The summed E-state index contributed by atoms with van der Waals surface area (Å²) < 4.78 is 45.6. The highest BCUT2D eigenvalue weighted by Crippen LogP contribution is 2.28. The third-order valence-corrected chi connectivity index (χ3v) is 5.87. The summed E-state index contributed by atoms with van der Waals surface area (Å²) >= 11 is 2.98. The van der Waals surface area contributed by atoms with Crippen molar-refractivity contribution in [2.45, 2.75) is 17.7 Å². The van der Waals surface area contributed by atoms with Gasteiger partial charge in [-0.3, -0.25) is 0 Å². The number of nitrogen functional groups attached to an aromatic ring is 1. The Bertz CT molecular complexity index is 618. The van der Waals surface area contributed by atoms with E-state index in [1.165, 1.54) is 13.1 Å². The average Bonchev–Trinajstić information content (AvgIpc) is 2.43. The van der Waals surface area contributed by atoms with Crippen molar-refractivity contribution in [1.29, 1.82) is 0 Å². The van der Waals surface area contributed by atoms with Crippen molar-refractivity contribution in [3.8, 4) is 0 Å². The number of hydrogen-bond donors (Lipinski definition) is 1. The number of sulfonamides is 1. The highest BCUT2D eigenvalue weighted by Gasteiger charge is 2.28. The van der Waals surface area contributed by atoms with Crippen molar-refractivity contribution < 1.29 is 17.5 Å². The SMILES string of the molecule is CN(CC1CCCOC1)S(=O)(=O)c1cc(N)cc(Br)c1F. The van der Waals surface area contributed by atoms with E-state index in [4.69, 9.17) is 10.5 Å². The maximum absolute atomic E-state index is 14.1. The zero-order valence-corrected chi connectivity index (χ0v) is 14.1. The molecule has 1 aliphatic heterocycles. The Morgan fingerprint density at radius 3 is 2.86 bits per heavy atom. The molecule has 0 radical (unpaired) electrons. The van der Waals surface area contributed by atoms with E-state index in [9.17, 15) is 12.8 Å². The number of ether oxygens (including phenoxy) is 1. The summed E-state index contributed by atoms with van der Waals surface area (Å²) in [5.74, 6) is -0.693. The van der Waals surface area contributed by atoms with Crippen LogP contribution in [0.25, 0.3) is 0 Å². The third-order valence-electron chi connectivity index (χ3n) is 3.48. The van der Waals surface area contributed by atoms with Crippen LogP contribution in [0.5, 0.6) is 0 Å². The number of nitrogens with two attached hydrogens (primary N) is 1. The maximum atomic E-state index is 14.1. The number of halogens is 2. The third kappa shape index (κ3) is 3.74. The molecule has 21 heavy (non-hydrogen) atoms. The summed E-state index contributed by atoms with van der Waals surface area (Å²) in [6.07, 6.45) is 1.82. The molecule has 1 aromatic rings. The van der Waals surface area contributed by atoms with Gasteiger partial charge in [-0.1, -0.05) is 0 Å². The summed E-state index contributed by atoms with van der Waals surface area (Å²) in [4.78, 5) is -0.409. The quantitative estimate of drug-likeness (QED) is 0.812. The van der Waals surface area contributed by atoms with Crippen LogP contribution in [0.1, 0.15) is 12.8 Å². The molecule has 0 aliphatic carbocycles. The lowest BCUT2D eigenvalue weighted by atomic mass is 10.0.